The summed E-state index contributed by atoms with van der Waals surface area (Å²) >= 11 is 0. The Hall–Kier alpha value is -12.5. The van der Waals surface area contributed by atoms with E-state index in [-0.39, 0.29) is 16.9 Å². The van der Waals surface area contributed by atoms with Crippen LogP contribution in [-0.2, 0) is 12.4 Å². The van der Waals surface area contributed by atoms with Gasteiger partial charge in [-0.3, -0.25) is 19.9 Å². The fourth-order valence-electron chi connectivity index (χ4n) is 13.6. The molecule has 0 spiro atoms. The zero-order valence-electron chi connectivity index (χ0n) is 51.8. The lowest BCUT2D eigenvalue weighted by Crippen LogP contribution is -2.16. The second-order valence-corrected chi connectivity index (χ2v) is 23.4. The lowest BCUT2D eigenvalue weighted by molar-refractivity contribution is -0.142. The summed E-state index contributed by atoms with van der Waals surface area (Å²) in [4.78, 5) is 19.1. The number of nitriles is 1. The second-order valence-electron chi connectivity index (χ2n) is 23.4. The average Bonchev–Trinajstić information content (AvgIpc) is 1.61. The molecule has 5 heterocycles. The van der Waals surface area contributed by atoms with Crippen molar-refractivity contribution < 1.29 is 26.3 Å². The molecule has 7 nitrogen and oxygen atoms in total. The van der Waals surface area contributed by atoms with Gasteiger partial charge in [-0.05, 0) is 127 Å². The summed E-state index contributed by atoms with van der Waals surface area (Å²) in [6.45, 7) is 5.88. The van der Waals surface area contributed by atoms with Crippen LogP contribution in [0.25, 0.3) is 145 Å². The van der Waals surface area contributed by atoms with Crippen LogP contribution in [0.5, 0.6) is 0 Å². The van der Waals surface area contributed by atoms with Gasteiger partial charge in [0, 0.05) is 95.8 Å². The first kappa shape index (κ1) is 60.7. The van der Waals surface area contributed by atoms with E-state index in [4.69, 9.17) is 15.0 Å². The van der Waals surface area contributed by atoms with Crippen molar-refractivity contribution in [3.63, 3.8) is 0 Å². The van der Waals surface area contributed by atoms with E-state index in [1.54, 1.807) is 27.7 Å². The van der Waals surface area contributed by atoms with E-state index in [1.807, 2.05) is 250 Å². The molecule has 5 aromatic heterocycles. The van der Waals surface area contributed by atoms with Crippen molar-refractivity contribution in [2.75, 3.05) is 0 Å². The molecule has 0 aliphatic carbocycles. The van der Waals surface area contributed by atoms with Gasteiger partial charge in [0.1, 0.15) is 0 Å². The van der Waals surface area contributed by atoms with Gasteiger partial charge < -0.3 is 9.13 Å². The molecule has 0 N–H and O–H groups in total. The standard InChI is InChI=1S/C84H53F6N7/c1-3-20-61(79(92-2)53-21-8-4-9-22-53)57-34-38-71-65(47-57)66-48-58(62-29-17-42-93-80(62)54-23-10-5-11-24-54)35-39-72(66)96(71)75-45-52(51-91)46-76(78(75)77-69(83(85,86)87)32-16-33-70(77)84(88,89)90)97-73-40-36-59(63-30-18-43-94-81(63)55-25-12-6-13-26-55)49-67(73)68-50-60(37-41-74(68)97)64-31-19-44-95-82(64)56-27-14-7-15-28-56/h3-50H,2H2,1H3/b20-3-,79-61+. The summed E-state index contributed by atoms with van der Waals surface area (Å²) in [5.74, 6) is 0. The molecule has 15 aromatic rings. The van der Waals surface area contributed by atoms with Gasteiger partial charge in [0.2, 0.25) is 0 Å². The third kappa shape index (κ3) is 10.9. The lowest BCUT2D eigenvalue weighted by Gasteiger charge is -2.25. The Labute approximate surface area is 553 Å². The number of pyridine rings is 3. The van der Waals surface area contributed by atoms with Crippen molar-refractivity contribution in [3.8, 4) is 95.7 Å². The summed E-state index contributed by atoms with van der Waals surface area (Å²) in [6.07, 6.45) is -1.74. The summed E-state index contributed by atoms with van der Waals surface area (Å²) in [7, 11) is 0. The first-order chi connectivity index (χ1) is 47.3. The second kappa shape index (κ2) is 24.7. The fraction of sp³-hybridized carbons (Fsp3) is 0.0357. The molecule has 0 atom stereocenters. The molecule has 0 amide bonds. The van der Waals surface area contributed by atoms with Gasteiger partial charge in [-0.2, -0.15) is 31.6 Å². The van der Waals surface area contributed by atoms with Crippen LogP contribution < -0.4 is 0 Å². The molecule has 13 heteroatoms. The predicted molar refractivity (Wildman–Crippen MR) is 379 cm³/mol. The van der Waals surface area contributed by atoms with Crippen LogP contribution in [0, 0.1) is 11.3 Å². The van der Waals surface area contributed by atoms with Crippen molar-refractivity contribution in [3.05, 3.63) is 319 Å². The maximum absolute atomic E-state index is 16.4. The van der Waals surface area contributed by atoms with Crippen LogP contribution in [0.4, 0.5) is 26.3 Å². The van der Waals surface area contributed by atoms with Gasteiger partial charge in [-0.15, -0.1) is 0 Å². The highest BCUT2D eigenvalue weighted by Gasteiger charge is 2.43. The Morgan fingerprint density at radius 2 is 0.794 bits per heavy atom. The third-order valence-electron chi connectivity index (χ3n) is 17.8. The van der Waals surface area contributed by atoms with Crippen molar-refractivity contribution in [1.29, 1.82) is 5.26 Å². The number of allylic oxidation sites excluding steroid dienone is 3. The van der Waals surface area contributed by atoms with Gasteiger partial charge in [0.05, 0.1) is 79.0 Å². The highest BCUT2D eigenvalue weighted by atomic mass is 19.4. The van der Waals surface area contributed by atoms with E-state index >= 15 is 26.3 Å². The number of aliphatic imine (C=N–C) groups is 1. The molecule has 0 saturated heterocycles. The van der Waals surface area contributed by atoms with Gasteiger partial charge in [0.15, 0.2) is 0 Å². The van der Waals surface area contributed by atoms with Crippen LogP contribution >= 0.6 is 0 Å². The van der Waals surface area contributed by atoms with E-state index in [1.165, 1.54) is 12.1 Å². The number of hydrogen-bond donors (Lipinski definition) is 0. The Bertz CT molecular complexity index is 5530. The Morgan fingerprint density at radius 1 is 0.412 bits per heavy atom. The zero-order chi connectivity index (χ0) is 66.5. The van der Waals surface area contributed by atoms with Crippen LogP contribution in [0.15, 0.2) is 297 Å². The zero-order valence-corrected chi connectivity index (χ0v) is 51.8. The normalized spacial score (nSPS) is 12.2. The molecular formula is C84H53F6N7. The predicted octanol–water partition coefficient (Wildman–Crippen LogP) is 22.8. The van der Waals surface area contributed by atoms with Crippen molar-refractivity contribution in [2.45, 2.75) is 19.3 Å². The molecule has 10 aromatic carbocycles. The molecule has 0 fully saturated rings. The summed E-state index contributed by atoms with van der Waals surface area (Å²) in [6, 6.07) is 80.0. The number of halogens is 6. The van der Waals surface area contributed by atoms with Crippen LogP contribution in [0.1, 0.15) is 34.7 Å². The highest BCUT2D eigenvalue weighted by molar-refractivity contribution is 6.15. The summed E-state index contributed by atoms with van der Waals surface area (Å²) < 4.78 is 102. The van der Waals surface area contributed by atoms with Crippen LogP contribution in [0.3, 0.4) is 0 Å². The van der Waals surface area contributed by atoms with E-state index in [2.05, 4.69) is 17.8 Å². The first-order valence-electron chi connectivity index (χ1n) is 31.2. The minimum absolute atomic E-state index is 0.0465. The Kier molecular flexibility index (Phi) is 15.5. The molecule has 466 valence electrons. The lowest BCUT2D eigenvalue weighted by atomic mass is 9.89. The largest absolute Gasteiger partial charge is 0.417 e. The smallest absolute Gasteiger partial charge is 0.308 e. The van der Waals surface area contributed by atoms with Gasteiger partial charge >= 0.3 is 12.4 Å². The van der Waals surface area contributed by atoms with E-state index in [0.29, 0.717) is 89.7 Å². The molecule has 0 aliphatic heterocycles. The minimum atomic E-state index is -5.35. The highest BCUT2D eigenvalue weighted by Crippen LogP contribution is 2.52. The molecule has 0 aliphatic rings. The van der Waals surface area contributed by atoms with E-state index in [9.17, 15) is 5.26 Å². The SMILES string of the molecule is C=N/C(=C(\C=C/C)c1ccc2c(c1)c1cc(-c3cccnc3-c3ccccc3)ccc1n2-c1cc(C#N)cc(-n2c3ccc(-c4cccnc4-c4ccccc4)cc3c3cc(-c4cccnc4-c4ccccc4)ccc32)c1-c1c(C(F)(F)F)cccc1C(F)(F)F)c1ccccc1. The molecule has 0 saturated carbocycles. The number of rotatable bonds is 13. The number of fused-ring (bicyclic) bond motifs is 6. The van der Waals surface area contributed by atoms with E-state index in [0.717, 1.165) is 61.7 Å². The molecule has 0 radical (unpaired) electrons. The van der Waals surface area contributed by atoms with E-state index < -0.39 is 34.6 Å². The van der Waals surface area contributed by atoms with Crippen molar-refractivity contribution in [2.24, 2.45) is 4.99 Å². The molecule has 0 unspecified atom stereocenters. The maximum atomic E-state index is 16.4. The average molecular weight is 1270 g/mol. The topological polar surface area (TPSA) is 84.7 Å². The molecule has 15 rings (SSSR count). The fourth-order valence-corrected chi connectivity index (χ4v) is 13.6. The summed E-state index contributed by atoms with van der Waals surface area (Å²) in [5.41, 5.74) is 8.65. The number of nitrogens with zero attached hydrogens (tertiary/aromatic N) is 7. The molecule has 0 bridgehead atoms. The van der Waals surface area contributed by atoms with Crippen LogP contribution in [0.2, 0.25) is 0 Å². The van der Waals surface area contributed by atoms with Gasteiger partial charge in [0.25, 0.3) is 0 Å². The third-order valence-corrected chi connectivity index (χ3v) is 17.8. The quantitative estimate of drug-likeness (QED) is 0.0498. The van der Waals surface area contributed by atoms with Crippen molar-refractivity contribution in [1.82, 2.24) is 24.1 Å². The number of benzene rings is 10. The monoisotopic (exact) mass is 1270 g/mol. The first-order valence-corrected chi connectivity index (χ1v) is 31.2. The molecule has 97 heavy (non-hydrogen) atoms. The summed E-state index contributed by atoms with van der Waals surface area (Å²) in [5, 5.41) is 13.8. The van der Waals surface area contributed by atoms with Gasteiger partial charge in [-0.25, -0.2) is 0 Å². The number of aromatic nitrogens is 5. The Morgan fingerprint density at radius 3 is 1.16 bits per heavy atom. The van der Waals surface area contributed by atoms with Crippen LogP contribution in [-0.4, -0.2) is 30.8 Å². The van der Waals surface area contributed by atoms with Crippen molar-refractivity contribution >= 4 is 61.6 Å². The Balaban J connectivity index is 1.09. The maximum Gasteiger partial charge on any atom is 0.417 e. The number of alkyl halides is 6. The molecular weight excluding hydrogens is 1220 g/mol. The number of hydrogen-bond acceptors (Lipinski definition) is 5. The van der Waals surface area contributed by atoms with Gasteiger partial charge in [-0.1, -0.05) is 182 Å². The minimum Gasteiger partial charge on any atom is -0.308 e.